The quantitative estimate of drug-likeness (QED) is 0.888. The molecule has 2 rings (SSSR count). The largest absolute Gasteiger partial charge is 0.350 e. The monoisotopic (exact) mass is 318 g/mol. The van der Waals surface area contributed by atoms with Gasteiger partial charge in [0, 0.05) is 12.6 Å². The maximum Gasteiger partial charge on any atom is 0.254 e. The molecule has 0 aliphatic heterocycles. The van der Waals surface area contributed by atoms with Crippen molar-refractivity contribution in [3.63, 3.8) is 0 Å². The van der Waals surface area contributed by atoms with E-state index in [2.05, 4.69) is 5.32 Å². The highest BCUT2D eigenvalue weighted by Crippen LogP contribution is 2.10. The molecular formula is C18H20F2N2O. The van der Waals surface area contributed by atoms with Crippen molar-refractivity contribution in [2.75, 3.05) is 20.6 Å². The van der Waals surface area contributed by atoms with Crippen molar-refractivity contribution < 1.29 is 13.6 Å². The Balaban J connectivity index is 2.01. The third-order valence-corrected chi connectivity index (χ3v) is 3.72. The summed E-state index contributed by atoms with van der Waals surface area (Å²) < 4.78 is 26.8. The molecule has 0 aliphatic carbocycles. The summed E-state index contributed by atoms with van der Waals surface area (Å²) in [6, 6.07) is 12.8. The number of amides is 1. The molecule has 23 heavy (non-hydrogen) atoms. The second-order valence-corrected chi connectivity index (χ2v) is 5.64. The van der Waals surface area contributed by atoms with Crippen molar-refractivity contribution in [2.45, 2.75) is 12.5 Å². The van der Waals surface area contributed by atoms with Gasteiger partial charge in [-0.3, -0.25) is 4.79 Å². The van der Waals surface area contributed by atoms with Crippen molar-refractivity contribution in [2.24, 2.45) is 0 Å². The molecule has 2 aromatic carbocycles. The van der Waals surface area contributed by atoms with Crippen LogP contribution in [0.2, 0.25) is 0 Å². The van der Waals surface area contributed by atoms with Gasteiger partial charge >= 0.3 is 0 Å². The number of likely N-dealkylation sites (N-methyl/N-ethyl adjacent to an activating group) is 1. The summed E-state index contributed by atoms with van der Waals surface area (Å²) in [6.07, 6.45) is 0.750. The Morgan fingerprint density at radius 1 is 1.13 bits per heavy atom. The van der Waals surface area contributed by atoms with Gasteiger partial charge < -0.3 is 10.2 Å². The fraction of sp³-hybridized carbons (Fsp3) is 0.278. The van der Waals surface area contributed by atoms with Crippen LogP contribution in [0, 0.1) is 11.6 Å². The zero-order valence-corrected chi connectivity index (χ0v) is 13.2. The average molecular weight is 318 g/mol. The van der Waals surface area contributed by atoms with Gasteiger partial charge in [-0.1, -0.05) is 30.3 Å². The second-order valence-electron chi connectivity index (χ2n) is 5.64. The molecule has 0 bridgehead atoms. The van der Waals surface area contributed by atoms with Crippen molar-refractivity contribution in [1.29, 1.82) is 0 Å². The SMILES string of the molecule is CN(C)C(CNC(=O)c1cc(F)ccc1F)Cc1ccccc1. The maximum atomic E-state index is 13.6. The van der Waals surface area contributed by atoms with E-state index in [-0.39, 0.29) is 11.6 Å². The topological polar surface area (TPSA) is 32.3 Å². The number of rotatable bonds is 6. The molecule has 0 spiro atoms. The molecule has 0 radical (unpaired) electrons. The molecule has 3 nitrogen and oxygen atoms in total. The number of hydrogen-bond acceptors (Lipinski definition) is 2. The molecular weight excluding hydrogens is 298 g/mol. The normalized spacial score (nSPS) is 12.2. The molecule has 0 aromatic heterocycles. The third-order valence-electron chi connectivity index (χ3n) is 3.72. The van der Waals surface area contributed by atoms with E-state index in [1.807, 2.05) is 49.3 Å². The highest BCUT2D eigenvalue weighted by atomic mass is 19.1. The first-order valence-electron chi connectivity index (χ1n) is 7.41. The van der Waals surface area contributed by atoms with E-state index in [1.165, 1.54) is 0 Å². The van der Waals surface area contributed by atoms with Gasteiger partial charge in [0.05, 0.1) is 5.56 Å². The fourth-order valence-corrected chi connectivity index (χ4v) is 2.30. The molecule has 122 valence electrons. The standard InChI is InChI=1S/C18H20F2N2O/c1-22(2)15(10-13-6-4-3-5-7-13)12-21-18(23)16-11-14(19)8-9-17(16)20/h3-9,11,15H,10,12H2,1-2H3,(H,21,23). The maximum absolute atomic E-state index is 13.6. The molecule has 2 aromatic rings. The molecule has 0 aliphatic rings. The van der Waals surface area contributed by atoms with Crippen LogP contribution in [0.15, 0.2) is 48.5 Å². The molecule has 0 saturated heterocycles. The number of carbonyl (C=O) groups excluding carboxylic acids is 1. The lowest BCUT2D eigenvalue weighted by atomic mass is 10.0. The first-order valence-corrected chi connectivity index (χ1v) is 7.41. The molecule has 1 atom stereocenters. The first-order chi connectivity index (χ1) is 11.0. The van der Waals surface area contributed by atoms with Gasteiger partial charge in [0.2, 0.25) is 0 Å². The zero-order valence-electron chi connectivity index (χ0n) is 13.2. The molecule has 1 unspecified atom stereocenters. The van der Waals surface area contributed by atoms with Crippen molar-refractivity contribution in [1.82, 2.24) is 10.2 Å². The lowest BCUT2D eigenvalue weighted by molar-refractivity contribution is 0.0937. The van der Waals surface area contributed by atoms with Crippen LogP contribution in [0.25, 0.3) is 0 Å². The summed E-state index contributed by atoms with van der Waals surface area (Å²) in [5.41, 5.74) is 0.875. The zero-order chi connectivity index (χ0) is 16.8. The van der Waals surface area contributed by atoms with E-state index in [4.69, 9.17) is 0 Å². The minimum absolute atomic E-state index is 0.0537. The number of carbonyl (C=O) groups is 1. The molecule has 1 N–H and O–H groups in total. The van der Waals surface area contributed by atoms with Crippen molar-refractivity contribution in [3.8, 4) is 0 Å². The van der Waals surface area contributed by atoms with Crippen LogP contribution < -0.4 is 5.32 Å². The van der Waals surface area contributed by atoms with E-state index in [0.717, 1.165) is 30.2 Å². The summed E-state index contributed by atoms with van der Waals surface area (Å²) in [4.78, 5) is 14.1. The Labute approximate surface area is 134 Å². The summed E-state index contributed by atoms with van der Waals surface area (Å²) in [6.45, 7) is 0.344. The van der Waals surface area contributed by atoms with Gasteiger partial charge in [0.25, 0.3) is 5.91 Å². The predicted octanol–water partition coefficient (Wildman–Crippen LogP) is 2.87. The lowest BCUT2D eigenvalue weighted by Gasteiger charge is -2.25. The highest BCUT2D eigenvalue weighted by molar-refractivity contribution is 5.94. The van der Waals surface area contributed by atoms with E-state index in [0.29, 0.717) is 6.54 Å². The van der Waals surface area contributed by atoms with Crippen molar-refractivity contribution >= 4 is 5.91 Å². The van der Waals surface area contributed by atoms with Crippen molar-refractivity contribution in [3.05, 3.63) is 71.3 Å². The predicted molar refractivity (Wildman–Crippen MR) is 86.3 cm³/mol. The Morgan fingerprint density at radius 3 is 2.48 bits per heavy atom. The van der Waals surface area contributed by atoms with Crippen LogP contribution in [0.3, 0.4) is 0 Å². The van der Waals surface area contributed by atoms with Gasteiger partial charge in [-0.25, -0.2) is 8.78 Å². The minimum Gasteiger partial charge on any atom is -0.350 e. The molecule has 5 heteroatoms. The van der Waals surface area contributed by atoms with E-state index in [1.54, 1.807) is 0 Å². The van der Waals surface area contributed by atoms with Crippen LogP contribution in [0.4, 0.5) is 8.78 Å². The number of hydrogen-bond donors (Lipinski definition) is 1. The first kappa shape index (κ1) is 17.1. The smallest absolute Gasteiger partial charge is 0.254 e. The van der Waals surface area contributed by atoms with Gasteiger partial charge in [-0.05, 0) is 44.3 Å². The Bertz CT molecular complexity index is 659. The van der Waals surface area contributed by atoms with Crippen LogP contribution in [0.5, 0.6) is 0 Å². The second kappa shape index (κ2) is 7.83. The molecule has 0 saturated carbocycles. The number of nitrogens with one attached hydrogen (secondary N) is 1. The summed E-state index contributed by atoms with van der Waals surface area (Å²) in [5.74, 6) is -1.97. The van der Waals surface area contributed by atoms with E-state index < -0.39 is 17.5 Å². The van der Waals surface area contributed by atoms with Gasteiger partial charge in [0.1, 0.15) is 11.6 Å². The fourth-order valence-electron chi connectivity index (χ4n) is 2.30. The van der Waals surface area contributed by atoms with E-state index >= 15 is 0 Å². The van der Waals surface area contributed by atoms with Gasteiger partial charge in [0.15, 0.2) is 0 Å². The summed E-state index contributed by atoms with van der Waals surface area (Å²) in [7, 11) is 3.84. The Hall–Kier alpha value is -2.27. The molecule has 0 heterocycles. The highest BCUT2D eigenvalue weighted by Gasteiger charge is 2.17. The van der Waals surface area contributed by atoms with Crippen LogP contribution in [-0.2, 0) is 6.42 Å². The number of halogens is 2. The van der Waals surface area contributed by atoms with Gasteiger partial charge in [-0.2, -0.15) is 0 Å². The third kappa shape index (κ3) is 4.86. The Morgan fingerprint density at radius 2 is 1.83 bits per heavy atom. The van der Waals surface area contributed by atoms with Crippen LogP contribution >= 0.6 is 0 Å². The van der Waals surface area contributed by atoms with Gasteiger partial charge in [-0.15, -0.1) is 0 Å². The summed E-state index contributed by atoms with van der Waals surface area (Å²) in [5, 5.41) is 2.68. The average Bonchev–Trinajstić information content (AvgIpc) is 2.54. The summed E-state index contributed by atoms with van der Waals surface area (Å²) >= 11 is 0. The van der Waals surface area contributed by atoms with E-state index in [9.17, 15) is 13.6 Å². The number of benzene rings is 2. The van der Waals surface area contributed by atoms with Crippen LogP contribution in [-0.4, -0.2) is 37.5 Å². The molecule has 1 amide bonds. The van der Waals surface area contributed by atoms with Crippen LogP contribution in [0.1, 0.15) is 15.9 Å². The molecule has 0 fully saturated rings. The minimum atomic E-state index is -0.728. The number of nitrogens with zero attached hydrogens (tertiary/aromatic N) is 1. The Kier molecular flexibility index (Phi) is 5.82. The lowest BCUT2D eigenvalue weighted by Crippen LogP contribution is -2.41.